The summed E-state index contributed by atoms with van der Waals surface area (Å²) in [4.78, 5) is 29.1. The zero-order valence-corrected chi connectivity index (χ0v) is 13.9. The van der Waals surface area contributed by atoms with E-state index in [1.807, 2.05) is 24.3 Å². The summed E-state index contributed by atoms with van der Waals surface area (Å²) >= 11 is 0. The minimum Gasteiger partial charge on any atom is -0.358 e. The molecule has 0 spiro atoms. The van der Waals surface area contributed by atoms with Crippen molar-refractivity contribution in [3.05, 3.63) is 72.6 Å². The van der Waals surface area contributed by atoms with E-state index < -0.39 is 0 Å². The minimum atomic E-state index is -0.294. The molecule has 0 unspecified atom stereocenters. The highest BCUT2D eigenvalue weighted by molar-refractivity contribution is 6.03. The zero-order valence-electron chi connectivity index (χ0n) is 13.9. The number of carbonyl (C=O) groups is 1. The molecule has 3 heterocycles. The fourth-order valence-corrected chi connectivity index (χ4v) is 3.23. The summed E-state index contributed by atoms with van der Waals surface area (Å²) in [7, 11) is 0. The highest BCUT2D eigenvalue weighted by Crippen LogP contribution is 2.45. The van der Waals surface area contributed by atoms with Crippen LogP contribution < -0.4 is 5.32 Å². The van der Waals surface area contributed by atoms with E-state index in [1.165, 1.54) is 0 Å². The van der Waals surface area contributed by atoms with Gasteiger partial charge in [0.15, 0.2) is 5.69 Å². The van der Waals surface area contributed by atoms with Crippen molar-refractivity contribution in [1.82, 2.24) is 29.8 Å². The summed E-state index contributed by atoms with van der Waals surface area (Å²) in [5, 5.41) is 3.18. The first kappa shape index (κ1) is 14.8. The number of nitrogens with one attached hydrogen (secondary N) is 2. The maximum Gasteiger partial charge on any atom is 0.272 e. The molecule has 3 aromatic heterocycles. The van der Waals surface area contributed by atoms with Crippen LogP contribution in [0.25, 0.3) is 17.0 Å². The van der Waals surface area contributed by atoms with E-state index in [2.05, 4.69) is 37.4 Å². The number of aromatic nitrogens is 5. The molecule has 26 heavy (non-hydrogen) atoms. The average Bonchev–Trinajstić information content (AvgIpc) is 3.09. The second-order valence-corrected chi connectivity index (χ2v) is 6.48. The van der Waals surface area contributed by atoms with E-state index >= 15 is 0 Å². The molecule has 0 bridgehead atoms. The second-order valence-electron chi connectivity index (χ2n) is 6.48. The minimum absolute atomic E-state index is 0.206. The molecule has 0 saturated heterocycles. The highest BCUT2D eigenvalue weighted by atomic mass is 16.2. The van der Waals surface area contributed by atoms with Crippen molar-refractivity contribution >= 4 is 16.9 Å². The first-order chi connectivity index (χ1) is 12.8. The number of hydrogen-bond donors (Lipinski definition) is 2. The molecule has 0 radical (unpaired) electrons. The molecule has 1 fully saturated rings. The van der Waals surface area contributed by atoms with E-state index in [9.17, 15) is 4.79 Å². The van der Waals surface area contributed by atoms with Gasteiger partial charge in [0.1, 0.15) is 6.33 Å². The number of carbonyl (C=O) groups excluding carboxylic acids is 1. The summed E-state index contributed by atoms with van der Waals surface area (Å²) < 4.78 is 1.69. The van der Waals surface area contributed by atoms with E-state index in [-0.39, 0.29) is 11.4 Å². The van der Waals surface area contributed by atoms with Crippen LogP contribution >= 0.6 is 0 Å². The van der Waals surface area contributed by atoms with Crippen molar-refractivity contribution in [2.24, 2.45) is 0 Å². The van der Waals surface area contributed by atoms with Crippen molar-refractivity contribution < 1.29 is 4.79 Å². The van der Waals surface area contributed by atoms with Gasteiger partial charge in [-0.3, -0.25) is 9.36 Å². The molecule has 7 nitrogen and oxygen atoms in total. The molecule has 4 aromatic rings. The lowest BCUT2D eigenvalue weighted by Gasteiger charge is -2.18. The average molecular weight is 344 g/mol. The molecule has 0 atom stereocenters. The van der Waals surface area contributed by atoms with Gasteiger partial charge in [-0.15, -0.1) is 0 Å². The van der Waals surface area contributed by atoms with Gasteiger partial charge in [0.25, 0.3) is 5.91 Å². The van der Waals surface area contributed by atoms with Gasteiger partial charge in [0.05, 0.1) is 16.6 Å². The molecule has 0 aliphatic heterocycles. The van der Waals surface area contributed by atoms with Gasteiger partial charge in [0.2, 0.25) is 5.95 Å². The SMILES string of the molecule is O=C(NC1(c2ccccc2)CC1)c1nc(-n2ccnc2)nc2cc[nH]c12. The maximum atomic E-state index is 13.1. The Bertz CT molecular complexity index is 1080. The van der Waals surface area contributed by atoms with Crippen LogP contribution in [0.1, 0.15) is 28.9 Å². The van der Waals surface area contributed by atoms with Gasteiger partial charge in [-0.25, -0.2) is 15.0 Å². The Balaban J connectivity index is 1.54. The molecule has 2 N–H and O–H groups in total. The molecule has 1 amide bonds. The zero-order chi connectivity index (χ0) is 17.6. The lowest BCUT2D eigenvalue weighted by molar-refractivity contribution is 0.0927. The van der Waals surface area contributed by atoms with E-state index in [4.69, 9.17) is 0 Å². The number of rotatable bonds is 4. The Morgan fingerprint density at radius 2 is 2.00 bits per heavy atom. The van der Waals surface area contributed by atoms with Crippen molar-refractivity contribution in [2.75, 3.05) is 0 Å². The Morgan fingerprint density at radius 1 is 1.15 bits per heavy atom. The first-order valence-electron chi connectivity index (χ1n) is 8.47. The molecule has 1 aliphatic carbocycles. The van der Waals surface area contributed by atoms with E-state index in [1.54, 1.807) is 29.5 Å². The molecular formula is C19H16N6O. The molecule has 1 aromatic carbocycles. The van der Waals surface area contributed by atoms with Crippen LogP contribution in [0.3, 0.4) is 0 Å². The summed E-state index contributed by atoms with van der Waals surface area (Å²) in [6, 6.07) is 11.9. The van der Waals surface area contributed by atoms with Crippen molar-refractivity contribution in [3.8, 4) is 5.95 Å². The smallest absolute Gasteiger partial charge is 0.272 e. The largest absolute Gasteiger partial charge is 0.358 e. The third-order valence-electron chi connectivity index (χ3n) is 4.77. The van der Waals surface area contributed by atoms with Crippen LogP contribution in [0.15, 0.2) is 61.3 Å². The summed E-state index contributed by atoms with van der Waals surface area (Å²) in [6.45, 7) is 0. The maximum absolute atomic E-state index is 13.1. The van der Waals surface area contributed by atoms with E-state index in [0.717, 1.165) is 18.4 Å². The van der Waals surface area contributed by atoms with Crippen LogP contribution in [0.4, 0.5) is 0 Å². The fourth-order valence-electron chi connectivity index (χ4n) is 3.23. The van der Waals surface area contributed by atoms with Crippen LogP contribution in [0.2, 0.25) is 0 Å². The third kappa shape index (κ3) is 2.36. The van der Waals surface area contributed by atoms with Gasteiger partial charge in [-0.05, 0) is 24.5 Å². The molecule has 1 saturated carbocycles. The monoisotopic (exact) mass is 344 g/mol. The molecule has 128 valence electrons. The summed E-state index contributed by atoms with van der Waals surface area (Å²) in [6.07, 6.45) is 8.63. The number of hydrogen-bond acceptors (Lipinski definition) is 4. The Labute approximate surface area is 149 Å². The van der Waals surface area contributed by atoms with Gasteiger partial charge >= 0.3 is 0 Å². The van der Waals surface area contributed by atoms with Gasteiger partial charge < -0.3 is 10.3 Å². The predicted molar refractivity (Wildman–Crippen MR) is 95.8 cm³/mol. The lowest BCUT2D eigenvalue weighted by atomic mass is 10.0. The van der Waals surface area contributed by atoms with Gasteiger partial charge in [-0.1, -0.05) is 30.3 Å². The normalized spacial score (nSPS) is 15.1. The predicted octanol–water partition coefficient (Wildman–Crippen LogP) is 2.56. The Morgan fingerprint density at radius 3 is 2.73 bits per heavy atom. The van der Waals surface area contributed by atoms with Crippen LogP contribution in [-0.2, 0) is 5.54 Å². The summed E-state index contributed by atoms with van der Waals surface area (Å²) in [5.74, 6) is 0.215. The van der Waals surface area contributed by atoms with Crippen LogP contribution in [0.5, 0.6) is 0 Å². The van der Waals surface area contributed by atoms with E-state index in [0.29, 0.717) is 22.7 Å². The third-order valence-corrected chi connectivity index (χ3v) is 4.77. The van der Waals surface area contributed by atoms with Crippen molar-refractivity contribution in [2.45, 2.75) is 18.4 Å². The molecule has 1 aliphatic rings. The Hall–Kier alpha value is -3.48. The quantitative estimate of drug-likeness (QED) is 0.595. The van der Waals surface area contributed by atoms with Crippen molar-refractivity contribution in [3.63, 3.8) is 0 Å². The van der Waals surface area contributed by atoms with Crippen LogP contribution in [0, 0.1) is 0 Å². The number of imidazole rings is 1. The number of aromatic amines is 1. The number of amides is 1. The Kier molecular flexibility index (Phi) is 3.15. The second kappa shape index (κ2) is 5.52. The highest BCUT2D eigenvalue weighted by Gasteiger charge is 2.46. The van der Waals surface area contributed by atoms with Crippen LogP contribution in [-0.4, -0.2) is 30.4 Å². The van der Waals surface area contributed by atoms with Gasteiger partial charge in [-0.2, -0.15) is 0 Å². The number of nitrogens with zero attached hydrogens (tertiary/aromatic N) is 4. The van der Waals surface area contributed by atoms with Gasteiger partial charge in [0, 0.05) is 18.6 Å². The number of H-pyrrole nitrogens is 1. The fraction of sp³-hybridized carbons (Fsp3) is 0.158. The summed E-state index contributed by atoms with van der Waals surface area (Å²) in [5.41, 5.74) is 2.50. The topological polar surface area (TPSA) is 88.5 Å². The molecule has 5 rings (SSSR count). The van der Waals surface area contributed by atoms with Crippen molar-refractivity contribution in [1.29, 1.82) is 0 Å². The lowest BCUT2D eigenvalue weighted by Crippen LogP contribution is -2.35. The first-order valence-corrected chi connectivity index (χ1v) is 8.47. The molecule has 7 heteroatoms. The number of fused-ring (bicyclic) bond motifs is 1. The number of benzene rings is 1. The standard InChI is InChI=1S/C19H16N6O/c26-17(24-19(7-8-19)13-4-2-1-3-5-13)16-15-14(6-9-21-15)22-18(23-16)25-11-10-20-12-25/h1-6,9-12,21H,7-8H2,(H,24,26). The molecular weight excluding hydrogens is 328 g/mol.